The van der Waals surface area contributed by atoms with Crippen LogP contribution in [0.5, 0.6) is 0 Å². The Morgan fingerprint density at radius 2 is 1.61 bits per heavy atom. The van der Waals surface area contributed by atoms with Gasteiger partial charge in [-0.3, -0.25) is 14.4 Å². The van der Waals surface area contributed by atoms with Gasteiger partial charge in [0.25, 0.3) is 0 Å². The number of guanidine groups is 1. The van der Waals surface area contributed by atoms with Crippen molar-refractivity contribution in [1.82, 2.24) is 9.80 Å². The van der Waals surface area contributed by atoms with Crippen molar-refractivity contribution in [3.8, 4) is 0 Å². The fourth-order valence-corrected chi connectivity index (χ4v) is 1.78. The van der Waals surface area contributed by atoms with Gasteiger partial charge in [-0.15, -0.1) is 0 Å². The zero-order chi connectivity index (χ0) is 14.6. The number of halogens is 2. The van der Waals surface area contributed by atoms with E-state index in [1.807, 2.05) is 0 Å². The van der Waals surface area contributed by atoms with Crippen LogP contribution in [0.4, 0.5) is 8.22 Å². The van der Waals surface area contributed by atoms with Crippen LogP contribution in [0, 0.1) is 0 Å². The molecule has 6 heteroatoms. The van der Waals surface area contributed by atoms with Crippen LogP contribution >= 0.6 is 0 Å². The van der Waals surface area contributed by atoms with Gasteiger partial charge in [0.2, 0.25) is 0 Å². The molecule has 18 heavy (non-hydrogen) atoms. The zero-order valence-electron chi connectivity index (χ0n) is 12.9. The molecule has 0 bridgehead atoms. The molecule has 0 saturated carbocycles. The molecule has 1 heterocycles. The van der Waals surface area contributed by atoms with E-state index in [0.29, 0.717) is 0 Å². The Balaban J connectivity index is 0.000000411. The summed E-state index contributed by atoms with van der Waals surface area (Å²) in [6.45, 7) is 12.0. The van der Waals surface area contributed by atoms with Gasteiger partial charge in [0, 0.05) is 0 Å². The molecule has 3 nitrogen and oxygen atoms in total. The Morgan fingerprint density at radius 3 is 1.83 bits per heavy atom. The van der Waals surface area contributed by atoms with Crippen LogP contribution in [0.2, 0.25) is 19.6 Å². The number of rotatable bonds is 2. The zero-order valence-corrected chi connectivity index (χ0v) is 13.9. The molecule has 0 fully saturated rings. The Hall–Kier alpha value is -0.653. The molecular weight excluding hydrogens is 252 g/mol. The summed E-state index contributed by atoms with van der Waals surface area (Å²) in [5.41, 5.74) is 0. The second kappa shape index (κ2) is 5.99. The Morgan fingerprint density at radius 1 is 1.22 bits per heavy atom. The number of hydrogen-bond donors (Lipinski definition) is 0. The van der Waals surface area contributed by atoms with E-state index in [1.165, 1.54) is 5.96 Å². The van der Waals surface area contributed by atoms with Crippen molar-refractivity contribution in [2.75, 3.05) is 40.3 Å². The average Bonchev–Trinajstić information content (AvgIpc) is 2.47. The Bertz CT molecular complexity index is 287. The van der Waals surface area contributed by atoms with Crippen molar-refractivity contribution in [2.45, 2.75) is 33.5 Å². The van der Waals surface area contributed by atoms with E-state index in [-0.39, 0.29) is 0 Å². The van der Waals surface area contributed by atoms with E-state index in [0.717, 1.165) is 45.8 Å². The average molecular weight is 281 g/mol. The molecule has 0 saturated heterocycles. The second-order valence-corrected chi connectivity index (χ2v) is 11.4. The Kier molecular flexibility index (Phi) is 5.78. The molecule has 1 rings (SSSR count). The van der Waals surface area contributed by atoms with Gasteiger partial charge in [0.05, 0.1) is 40.3 Å². The molecule has 0 aromatic carbocycles. The fraction of sp³-hybridized carbons (Fsp3) is 0.917. The molecule has 0 amide bonds. The summed E-state index contributed by atoms with van der Waals surface area (Å²) in [7, 11) is 0.0777. The Labute approximate surface area is 111 Å². The molecule has 0 atom stereocenters. The van der Waals surface area contributed by atoms with E-state index in [2.05, 4.69) is 42.3 Å². The summed E-state index contributed by atoms with van der Waals surface area (Å²) >= 11 is 0. The molecule has 0 aromatic rings. The third kappa shape index (κ3) is 7.63. The summed E-state index contributed by atoms with van der Waals surface area (Å²) in [4.78, 5) is 4.72. The summed E-state index contributed by atoms with van der Waals surface area (Å²) in [6.07, 6.45) is 0. The van der Waals surface area contributed by atoms with Crippen LogP contribution in [0.1, 0.15) is 13.8 Å². The quantitative estimate of drug-likeness (QED) is 0.437. The normalized spacial score (nSPS) is 18.1. The summed E-state index contributed by atoms with van der Waals surface area (Å²) in [5.74, 6) is 1.38. The van der Waals surface area contributed by atoms with Gasteiger partial charge in [-0.1, -0.05) is 0 Å². The molecule has 110 valence electrons. The first-order valence-electron chi connectivity index (χ1n) is 6.62. The van der Waals surface area contributed by atoms with Crippen LogP contribution in [-0.2, 0) is 0 Å². The molecule has 0 spiro atoms. The van der Waals surface area contributed by atoms with Crippen molar-refractivity contribution in [1.29, 1.82) is 0 Å². The summed E-state index contributed by atoms with van der Waals surface area (Å²) < 4.78 is 26.0. The van der Waals surface area contributed by atoms with Crippen LogP contribution in [0.25, 0.3) is 0 Å². The summed E-state index contributed by atoms with van der Waals surface area (Å²) in [5, 5.41) is 0. The minimum atomic E-state index is -4.25. The summed E-state index contributed by atoms with van der Waals surface area (Å²) in [6, 6.07) is 0. The monoisotopic (exact) mass is 281 g/mol. The molecule has 0 radical (unpaired) electrons. The van der Waals surface area contributed by atoms with Crippen molar-refractivity contribution in [3.63, 3.8) is 0 Å². The first-order valence-corrected chi connectivity index (χ1v) is 10.4. The molecule has 0 aliphatic carbocycles. The first-order chi connectivity index (χ1) is 7.94. The maximum absolute atomic E-state index is 11.9. The van der Waals surface area contributed by atoms with Crippen LogP contribution < -0.4 is 0 Å². The third-order valence-corrected chi connectivity index (χ3v) is 2.50. The van der Waals surface area contributed by atoms with Crippen molar-refractivity contribution < 1.29 is 12.8 Å². The number of likely N-dealkylation sites (N-methyl/N-ethyl adjacent to an activating group) is 2. The predicted molar refractivity (Wildman–Crippen MR) is 77.2 cm³/mol. The third-order valence-electron chi connectivity index (χ3n) is 2.50. The minimum absolute atomic E-state index is 1.03. The molecule has 0 unspecified atom stereocenters. The van der Waals surface area contributed by atoms with Gasteiger partial charge < -0.3 is 0 Å². The van der Waals surface area contributed by atoms with Gasteiger partial charge in [-0.25, -0.2) is 0 Å². The predicted octanol–water partition coefficient (Wildman–Crippen LogP) is 2.48. The molecular formula is C12H29F2N3Si. The molecule has 0 N–H and O–H groups in total. The van der Waals surface area contributed by atoms with E-state index in [4.69, 9.17) is 0 Å². The molecule has 1 aliphatic rings. The first kappa shape index (κ1) is 17.3. The molecule has 0 aromatic heterocycles. The maximum atomic E-state index is 11.9. The van der Waals surface area contributed by atoms with E-state index in [1.54, 1.807) is 0 Å². The van der Waals surface area contributed by atoms with Crippen LogP contribution in [-0.4, -0.2) is 68.6 Å². The van der Waals surface area contributed by atoms with E-state index >= 15 is 0 Å². The van der Waals surface area contributed by atoms with Gasteiger partial charge in [0.15, 0.2) is 0 Å². The van der Waals surface area contributed by atoms with Crippen LogP contribution in [0.3, 0.4) is 0 Å². The van der Waals surface area contributed by atoms with Gasteiger partial charge in [0.1, 0.15) is 0 Å². The van der Waals surface area contributed by atoms with Crippen molar-refractivity contribution in [2.24, 2.45) is 0 Å². The van der Waals surface area contributed by atoms with Gasteiger partial charge in [-0.05, 0) is 13.8 Å². The SMILES string of the molecule is CCN(CC)C1=[N+](C)CCN1C.C[Si-](C)(C)(F)F. The van der Waals surface area contributed by atoms with Crippen LogP contribution in [0.15, 0.2) is 0 Å². The fourth-order valence-electron chi connectivity index (χ4n) is 1.78. The number of hydrogen-bond acceptors (Lipinski definition) is 2. The van der Waals surface area contributed by atoms with Crippen molar-refractivity contribution in [3.05, 3.63) is 0 Å². The topological polar surface area (TPSA) is 9.49 Å². The van der Waals surface area contributed by atoms with E-state index < -0.39 is 8.02 Å². The molecule has 1 aliphatic heterocycles. The van der Waals surface area contributed by atoms with Gasteiger partial charge in [-0.2, -0.15) is 0 Å². The standard InChI is InChI=1S/C9H20N3.C3H9F2Si/c1-5-12(6-2)9-10(3)7-8-11(9)4;1-6(2,3,4)5/h5-8H2,1-4H3;1-3H3/q+1;-1. The van der Waals surface area contributed by atoms with Crippen molar-refractivity contribution >= 4 is 14.0 Å². The van der Waals surface area contributed by atoms with E-state index in [9.17, 15) is 8.22 Å². The second-order valence-electron chi connectivity index (χ2n) is 6.02. The van der Waals surface area contributed by atoms with Gasteiger partial charge >= 0.3 is 41.8 Å². The number of nitrogens with zero attached hydrogens (tertiary/aromatic N) is 3.